The fourth-order valence-electron chi connectivity index (χ4n) is 1.36. The Morgan fingerprint density at radius 3 is 2.58 bits per heavy atom. The third kappa shape index (κ3) is 5.47. The summed E-state index contributed by atoms with van der Waals surface area (Å²) in [4.78, 5) is 20.4. The molecule has 1 atom stereocenters. The fourth-order valence-corrected chi connectivity index (χ4v) is 1.36. The van der Waals surface area contributed by atoms with Gasteiger partial charge >= 0.3 is 5.97 Å². The van der Waals surface area contributed by atoms with E-state index < -0.39 is 23.6 Å². The van der Waals surface area contributed by atoms with Crippen molar-refractivity contribution in [3.05, 3.63) is 39.9 Å². The van der Waals surface area contributed by atoms with Crippen LogP contribution in [0.1, 0.15) is 5.56 Å². The van der Waals surface area contributed by atoms with E-state index in [0.717, 1.165) is 0 Å². The van der Waals surface area contributed by atoms with Gasteiger partial charge in [0.25, 0.3) is 0 Å². The first-order valence-electron chi connectivity index (χ1n) is 5.35. The van der Waals surface area contributed by atoms with Crippen LogP contribution in [0.2, 0.25) is 0 Å². The van der Waals surface area contributed by atoms with Crippen LogP contribution in [-0.4, -0.2) is 35.3 Å². The molecule has 19 heavy (non-hydrogen) atoms. The monoisotopic (exact) mass is 264 g/mol. The van der Waals surface area contributed by atoms with Crippen LogP contribution in [0.25, 0.3) is 0 Å². The highest BCUT2D eigenvalue weighted by molar-refractivity contribution is 5.69. The summed E-state index contributed by atoms with van der Waals surface area (Å²) in [7, 11) is 0. The molecule has 0 saturated carbocycles. The predicted octanol–water partition coefficient (Wildman–Crippen LogP) is 0.247. The lowest BCUT2D eigenvalue weighted by Crippen LogP contribution is -2.44. The molecule has 8 heteroatoms. The van der Waals surface area contributed by atoms with Gasteiger partial charge in [-0.3, -0.25) is 20.2 Å². The third-order valence-corrected chi connectivity index (χ3v) is 2.19. The predicted molar refractivity (Wildman–Crippen MR) is 66.1 cm³/mol. The molecule has 1 aromatic rings. The standard InChI is InChI=1S/C11H12N4O4/c12-5-8-1-3-9(4-2-8)14-10(7-15(18)19)13-6-11(16)17/h1-4,10,13-14H,6-7H2,(H,16,17). The molecule has 100 valence electrons. The molecule has 0 saturated heterocycles. The molecule has 8 nitrogen and oxygen atoms in total. The zero-order valence-electron chi connectivity index (χ0n) is 9.87. The van der Waals surface area contributed by atoms with E-state index in [9.17, 15) is 14.9 Å². The molecule has 1 rings (SSSR count). The van der Waals surface area contributed by atoms with Crippen molar-refractivity contribution < 1.29 is 14.8 Å². The van der Waals surface area contributed by atoms with E-state index in [2.05, 4.69) is 10.6 Å². The van der Waals surface area contributed by atoms with Crippen molar-refractivity contribution in [3.63, 3.8) is 0 Å². The number of nitrogens with one attached hydrogen (secondary N) is 2. The van der Waals surface area contributed by atoms with Crippen LogP contribution >= 0.6 is 0 Å². The molecule has 0 aromatic heterocycles. The average Bonchev–Trinajstić information content (AvgIpc) is 2.36. The Morgan fingerprint density at radius 1 is 1.47 bits per heavy atom. The zero-order valence-corrected chi connectivity index (χ0v) is 9.87. The van der Waals surface area contributed by atoms with Gasteiger partial charge in [0, 0.05) is 10.6 Å². The van der Waals surface area contributed by atoms with E-state index in [4.69, 9.17) is 10.4 Å². The first-order chi connectivity index (χ1) is 9.01. The number of carboxylic acid groups (broad SMARTS) is 1. The number of benzene rings is 1. The van der Waals surface area contributed by atoms with Crippen molar-refractivity contribution in [2.45, 2.75) is 6.17 Å². The first kappa shape index (κ1) is 14.4. The number of carbonyl (C=O) groups is 1. The van der Waals surface area contributed by atoms with E-state index in [1.54, 1.807) is 24.3 Å². The SMILES string of the molecule is N#Cc1ccc(NC(C[N+](=O)[O-])NCC(=O)O)cc1. The zero-order chi connectivity index (χ0) is 14.3. The molecule has 0 amide bonds. The summed E-state index contributed by atoms with van der Waals surface area (Å²) in [6.07, 6.45) is -0.806. The molecule has 0 heterocycles. The minimum atomic E-state index is -1.10. The quantitative estimate of drug-likeness (QED) is 0.365. The van der Waals surface area contributed by atoms with E-state index >= 15 is 0 Å². The van der Waals surface area contributed by atoms with Gasteiger partial charge in [0.05, 0.1) is 18.2 Å². The van der Waals surface area contributed by atoms with Gasteiger partial charge in [-0.1, -0.05) is 0 Å². The van der Waals surface area contributed by atoms with Crippen molar-refractivity contribution >= 4 is 11.7 Å². The number of hydrogen-bond donors (Lipinski definition) is 3. The van der Waals surface area contributed by atoms with Crippen LogP contribution in [0.5, 0.6) is 0 Å². The van der Waals surface area contributed by atoms with Crippen molar-refractivity contribution in [1.82, 2.24) is 5.32 Å². The second kappa shape index (κ2) is 6.93. The molecular formula is C11H12N4O4. The Bertz CT molecular complexity index is 494. The molecule has 1 unspecified atom stereocenters. The van der Waals surface area contributed by atoms with Crippen molar-refractivity contribution in [2.75, 3.05) is 18.4 Å². The van der Waals surface area contributed by atoms with Crippen LogP contribution in [0.3, 0.4) is 0 Å². The lowest BCUT2D eigenvalue weighted by Gasteiger charge is -2.16. The van der Waals surface area contributed by atoms with Gasteiger partial charge in [-0.05, 0) is 24.3 Å². The smallest absolute Gasteiger partial charge is 0.317 e. The van der Waals surface area contributed by atoms with Gasteiger partial charge in [-0.2, -0.15) is 5.26 Å². The Kier molecular flexibility index (Phi) is 5.25. The van der Waals surface area contributed by atoms with Gasteiger partial charge in [0.1, 0.15) is 6.17 Å². The topological polar surface area (TPSA) is 128 Å². The Balaban J connectivity index is 2.66. The number of anilines is 1. The van der Waals surface area contributed by atoms with Gasteiger partial charge in [-0.15, -0.1) is 0 Å². The number of nitriles is 1. The summed E-state index contributed by atoms with van der Waals surface area (Å²) in [5, 5.41) is 33.0. The lowest BCUT2D eigenvalue weighted by molar-refractivity contribution is -0.482. The number of hydrogen-bond acceptors (Lipinski definition) is 6. The van der Waals surface area contributed by atoms with E-state index in [0.29, 0.717) is 11.3 Å². The average molecular weight is 264 g/mol. The van der Waals surface area contributed by atoms with Gasteiger partial charge in [0.2, 0.25) is 6.54 Å². The maximum Gasteiger partial charge on any atom is 0.317 e. The van der Waals surface area contributed by atoms with Crippen LogP contribution in [0, 0.1) is 21.4 Å². The molecule has 0 aliphatic carbocycles. The van der Waals surface area contributed by atoms with E-state index in [1.807, 2.05) is 6.07 Å². The maximum absolute atomic E-state index is 10.5. The van der Waals surface area contributed by atoms with E-state index in [1.165, 1.54) is 0 Å². The Hall–Kier alpha value is -2.66. The lowest BCUT2D eigenvalue weighted by atomic mass is 10.2. The second-order valence-electron chi connectivity index (χ2n) is 3.68. The third-order valence-electron chi connectivity index (χ3n) is 2.19. The van der Waals surface area contributed by atoms with Crippen LogP contribution in [-0.2, 0) is 4.79 Å². The van der Waals surface area contributed by atoms with Crippen molar-refractivity contribution in [3.8, 4) is 6.07 Å². The molecule has 0 radical (unpaired) electrons. The van der Waals surface area contributed by atoms with Gasteiger partial charge in [-0.25, -0.2) is 0 Å². The molecule has 0 spiro atoms. The minimum absolute atomic E-state index is 0.387. The highest BCUT2D eigenvalue weighted by atomic mass is 16.6. The van der Waals surface area contributed by atoms with E-state index in [-0.39, 0.29) is 6.54 Å². The number of carboxylic acids is 1. The maximum atomic E-state index is 10.5. The van der Waals surface area contributed by atoms with Gasteiger partial charge < -0.3 is 10.4 Å². The number of aliphatic carboxylic acids is 1. The number of nitrogens with zero attached hydrogens (tertiary/aromatic N) is 2. The molecule has 0 aliphatic rings. The summed E-state index contributed by atoms with van der Waals surface area (Å²) in [5.74, 6) is -1.10. The molecule has 0 aliphatic heterocycles. The first-order valence-corrected chi connectivity index (χ1v) is 5.35. The van der Waals surface area contributed by atoms with Gasteiger partial charge in [0.15, 0.2) is 0 Å². The Labute approximate surface area is 108 Å². The van der Waals surface area contributed by atoms with Crippen LogP contribution in [0.4, 0.5) is 5.69 Å². The number of rotatable bonds is 7. The molecule has 3 N–H and O–H groups in total. The Morgan fingerprint density at radius 2 is 2.11 bits per heavy atom. The minimum Gasteiger partial charge on any atom is -0.480 e. The summed E-state index contributed by atoms with van der Waals surface area (Å²) >= 11 is 0. The highest BCUT2D eigenvalue weighted by Gasteiger charge is 2.15. The van der Waals surface area contributed by atoms with Crippen molar-refractivity contribution in [2.24, 2.45) is 0 Å². The molecular weight excluding hydrogens is 252 g/mol. The summed E-state index contributed by atoms with van der Waals surface area (Å²) in [6.45, 7) is -0.852. The summed E-state index contributed by atoms with van der Waals surface area (Å²) in [5.41, 5.74) is 1.03. The van der Waals surface area contributed by atoms with Crippen LogP contribution < -0.4 is 10.6 Å². The summed E-state index contributed by atoms with van der Waals surface area (Å²) in [6, 6.07) is 8.25. The highest BCUT2D eigenvalue weighted by Crippen LogP contribution is 2.09. The van der Waals surface area contributed by atoms with Crippen molar-refractivity contribution in [1.29, 1.82) is 5.26 Å². The normalized spacial score (nSPS) is 11.3. The largest absolute Gasteiger partial charge is 0.480 e. The summed E-state index contributed by atoms with van der Waals surface area (Å²) < 4.78 is 0. The molecule has 0 bridgehead atoms. The second-order valence-corrected chi connectivity index (χ2v) is 3.68. The molecule has 1 aromatic carbocycles. The number of nitro groups is 1. The molecule has 0 fully saturated rings. The fraction of sp³-hybridized carbons (Fsp3) is 0.273. The van der Waals surface area contributed by atoms with Crippen LogP contribution in [0.15, 0.2) is 24.3 Å².